The van der Waals surface area contributed by atoms with E-state index in [1.165, 1.54) is 0 Å². The van der Waals surface area contributed by atoms with Crippen LogP contribution in [0.2, 0.25) is 0 Å². The number of benzene rings is 1. The first-order valence-electron chi connectivity index (χ1n) is 7.27. The van der Waals surface area contributed by atoms with Crippen molar-refractivity contribution in [1.82, 2.24) is 10.6 Å². The topological polar surface area (TPSA) is 75.3 Å². The van der Waals surface area contributed by atoms with Gasteiger partial charge in [0.05, 0.1) is 10.6 Å². The van der Waals surface area contributed by atoms with Crippen LogP contribution in [0.25, 0.3) is 0 Å². The Labute approximate surface area is 126 Å². The molecular weight excluding hydrogens is 288 g/mol. The van der Waals surface area contributed by atoms with Crippen molar-refractivity contribution >= 4 is 15.7 Å². The molecule has 0 unspecified atom stereocenters. The molecule has 2 N–H and O–H groups in total. The van der Waals surface area contributed by atoms with E-state index in [9.17, 15) is 13.2 Å². The van der Waals surface area contributed by atoms with Gasteiger partial charge in [-0.25, -0.2) is 8.42 Å². The van der Waals surface area contributed by atoms with Crippen molar-refractivity contribution < 1.29 is 13.2 Å². The maximum Gasteiger partial charge on any atom is 0.221 e. The van der Waals surface area contributed by atoms with E-state index < -0.39 is 9.84 Å². The molecule has 0 bridgehead atoms. The van der Waals surface area contributed by atoms with E-state index in [2.05, 4.69) is 10.6 Å². The molecule has 1 aromatic carbocycles. The molecule has 1 heterocycles. The van der Waals surface area contributed by atoms with Gasteiger partial charge in [0.2, 0.25) is 5.91 Å². The number of carbonyl (C=O) groups excluding carboxylic acids is 1. The highest BCUT2D eigenvalue weighted by Gasteiger charge is 2.19. The van der Waals surface area contributed by atoms with Gasteiger partial charge < -0.3 is 10.6 Å². The van der Waals surface area contributed by atoms with E-state index in [1.54, 1.807) is 24.3 Å². The Hall–Kier alpha value is -1.40. The van der Waals surface area contributed by atoms with Crippen molar-refractivity contribution in [3.63, 3.8) is 0 Å². The standard InChI is InChI=1S/C15H22N2O3S/c1-12-4-6-14(7-5-12)21(19,20)10-8-15(18)17-13-3-2-9-16-11-13/h4-7,13,16H,2-3,8-11H2,1H3,(H,17,18)/t13-/m0/s1. The molecule has 1 atom stereocenters. The quantitative estimate of drug-likeness (QED) is 0.852. The Kier molecular flexibility index (Phi) is 5.36. The Balaban J connectivity index is 1.86. The Morgan fingerprint density at radius 1 is 1.33 bits per heavy atom. The molecule has 0 saturated carbocycles. The van der Waals surface area contributed by atoms with Crippen LogP contribution in [-0.4, -0.2) is 39.2 Å². The van der Waals surface area contributed by atoms with Gasteiger partial charge >= 0.3 is 0 Å². The van der Waals surface area contributed by atoms with Gasteiger partial charge in [0.15, 0.2) is 9.84 Å². The van der Waals surface area contributed by atoms with E-state index in [-0.39, 0.29) is 29.0 Å². The first-order chi connectivity index (χ1) is 9.97. The number of amides is 1. The molecule has 0 aromatic heterocycles. The first kappa shape index (κ1) is 16.0. The SMILES string of the molecule is Cc1ccc(S(=O)(=O)CCC(=O)N[C@H]2CCCNC2)cc1. The second kappa shape index (κ2) is 7.04. The minimum Gasteiger partial charge on any atom is -0.352 e. The van der Waals surface area contributed by atoms with Crippen LogP contribution in [0.4, 0.5) is 0 Å². The molecule has 1 saturated heterocycles. The monoisotopic (exact) mass is 310 g/mol. The van der Waals surface area contributed by atoms with Crippen molar-refractivity contribution in [2.24, 2.45) is 0 Å². The summed E-state index contributed by atoms with van der Waals surface area (Å²) in [6.45, 7) is 3.65. The molecule has 1 aliphatic heterocycles. The summed E-state index contributed by atoms with van der Waals surface area (Å²) in [5, 5.41) is 6.10. The summed E-state index contributed by atoms with van der Waals surface area (Å²) < 4.78 is 24.3. The summed E-state index contributed by atoms with van der Waals surface area (Å²) in [5.74, 6) is -0.346. The van der Waals surface area contributed by atoms with E-state index in [0.717, 1.165) is 31.5 Å². The molecule has 0 radical (unpaired) electrons. The van der Waals surface area contributed by atoms with Gasteiger partial charge in [0.1, 0.15) is 0 Å². The largest absolute Gasteiger partial charge is 0.352 e. The molecule has 0 spiro atoms. The summed E-state index contributed by atoms with van der Waals surface area (Å²) in [4.78, 5) is 12.1. The number of aryl methyl sites for hydroxylation is 1. The Morgan fingerprint density at radius 2 is 2.05 bits per heavy atom. The average molecular weight is 310 g/mol. The van der Waals surface area contributed by atoms with Gasteiger partial charge in [0, 0.05) is 19.0 Å². The third-order valence-electron chi connectivity index (χ3n) is 3.64. The zero-order chi connectivity index (χ0) is 15.3. The lowest BCUT2D eigenvalue weighted by Crippen LogP contribution is -2.45. The van der Waals surface area contributed by atoms with Crippen molar-refractivity contribution in [2.45, 2.75) is 37.1 Å². The van der Waals surface area contributed by atoms with Crippen molar-refractivity contribution in [3.8, 4) is 0 Å². The first-order valence-corrected chi connectivity index (χ1v) is 8.92. The fourth-order valence-corrected chi connectivity index (χ4v) is 3.61. The number of nitrogens with one attached hydrogen (secondary N) is 2. The summed E-state index contributed by atoms with van der Waals surface area (Å²) in [6.07, 6.45) is 1.99. The van der Waals surface area contributed by atoms with Gasteiger partial charge in [-0.3, -0.25) is 4.79 Å². The predicted molar refractivity (Wildman–Crippen MR) is 81.9 cm³/mol. The molecule has 1 aromatic rings. The number of hydrogen-bond acceptors (Lipinski definition) is 4. The third-order valence-corrected chi connectivity index (χ3v) is 5.37. The van der Waals surface area contributed by atoms with Crippen LogP contribution in [0.1, 0.15) is 24.8 Å². The van der Waals surface area contributed by atoms with Crippen molar-refractivity contribution in [1.29, 1.82) is 0 Å². The lowest BCUT2D eigenvalue weighted by atomic mass is 10.1. The van der Waals surface area contributed by atoms with Gasteiger partial charge in [-0.1, -0.05) is 17.7 Å². The normalized spacial score (nSPS) is 19.2. The maximum absolute atomic E-state index is 12.1. The number of rotatable bonds is 5. The lowest BCUT2D eigenvalue weighted by Gasteiger charge is -2.23. The Bertz CT molecular complexity index is 575. The highest BCUT2D eigenvalue weighted by molar-refractivity contribution is 7.91. The molecule has 1 fully saturated rings. The second-order valence-electron chi connectivity index (χ2n) is 5.49. The van der Waals surface area contributed by atoms with Crippen LogP contribution >= 0.6 is 0 Å². The predicted octanol–water partition coefficient (Wildman–Crippen LogP) is 1.03. The molecule has 6 heteroatoms. The third kappa shape index (κ3) is 4.82. The number of carbonyl (C=O) groups is 1. The van der Waals surface area contributed by atoms with E-state index in [4.69, 9.17) is 0 Å². The highest BCUT2D eigenvalue weighted by atomic mass is 32.2. The fraction of sp³-hybridized carbons (Fsp3) is 0.533. The second-order valence-corrected chi connectivity index (χ2v) is 7.60. The molecule has 0 aliphatic carbocycles. The van der Waals surface area contributed by atoms with Crippen LogP contribution in [0, 0.1) is 6.92 Å². The van der Waals surface area contributed by atoms with Gasteiger partial charge in [-0.2, -0.15) is 0 Å². The maximum atomic E-state index is 12.1. The molecule has 5 nitrogen and oxygen atoms in total. The van der Waals surface area contributed by atoms with Crippen LogP contribution in [0.5, 0.6) is 0 Å². The minimum absolute atomic E-state index is 0.00666. The average Bonchev–Trinajstić information content (AvgIpc) is 2.47. The fourth-order valence-electron chi connectivity index (χ4n) is 2.37. The van der Waals surface area contributed by atoms with E-state index in [0.29, 0.717) is 0 Å². The van der Waals surface area contributed by atoms with Crippen LogP contribution in [0.15, 0.2) is 29.2 Å². The molecule has 1 aliphatic rings. The van der Waals surface area contributed by atoms with Crippen LogP contribution in [-0.2, 0) is 14.6 Å². The van der Waals surface area contributed by atoms with Crippen molar-refractivity contribution in [2.75, 3.05) is 18.8 Å². The lowest BCUT2D eigenvalue weighted by molar-refractivity contribution is -0.121. The summed E-state index contributed by atoms with van der Waals surface area (Å²) >= 11 is 0. The van der Waals surface area contributed by atoms with Gasteiger partial charge in [-0.15, -0.1) is 0 Å². The zero-order valence-corrected chi connectivity index (χ0v) is 13.1. The number of piperidine rings is 1. The van der Waals surface area contributed by atoms with Crippen LogP contribution in [0.3, 0.4) is 0 Å². The smallest absolute Gasteiger partial charge is 0.221 e. The van der Waals surface area contributed by atoms with E-state index >= 15 is 0 Å². The molecule has 2 rings (SSSR count). The van der Waals surface area contributed by atoms with Gasteiger partial charge in [-0.05, 0) is 38.4 Å². The Morgan fingerprint density at radius 3 is 2.67 bits per heavy atom. The molecule has 116 valence electrons. The van der Waals surface area contributed by atoms with E-state index in [1.807, 2.05) is 6.92 Å². The summed E-state index contributed by atoms with van der Waals surface area (Å²) in [6, 6.07) is 6.83. The van der Waals surface area contributed by atoms with Crippen LogP contribution < -0.4 is 10.6 Å². The number of hydrogen-bond donors (Lipinski definition) is 2. The number of sulfone groups is 1. The summed E-state index contributed by atoms with van der Waals surface area (Å²) in [7, 11) is -3.39. The summed E-state index contributed by atoms with van der Waals surface area (Å²) in [5.41, 5.74) is 1.01. The molecule has 21 heavy (non-hydrogen) atoms. The highest BCUT2D eigenvalue weighted by Crippen LogP contribution is 2.13. The zero-order valence-electron chi connectivity index (χ0n) is 12.3. The molecule has 1 amide bonds. The minimum atomic E-state index is -3.39. The molecular formula is C15H22N2O3S. The van der Waals surface area contributed by atoms with Gasteiger partial charge in [0.25, 0.3) is 0 Å². The van der Waals surface area contributed by atoms with Crippen molar-refractivity contribution in [3.05, 3.63) is 29.8 Å².